The molecule has 2 heterocycles. The molecule has 0 saturated carbocycles. The summed E-state index contributed by atoms with van der Waals surface area (Å²) in [7, 11) is 0. The van der Waals surface area contributed by atoms with Crippen LogP contribution in [0.5, 0.6) is 0 Å². The van der Waals surface area contributed by atoms with Crippen LogP contribution >= 0.6 is 11.8 Å². The third-order valence-electron chi connectivity index (χ3n) is 4.37. The van der Waals surface area contributed by atoms with Gasteiger partial charge in [-0.1, -0.05) is 26.7 Å². The van der Waals surface area contributed by atoms with Crippen LogP contribution in [0.4, 0.5) is 5.82 Å². The monoisotopic (exact) mass is 369 g/mol. The first kappa shape index (κ1) is 19.9. The third-order valence-corrected chi connectivity index (χ3v) is 5.92. The van der Waals surface area contributed by atoms with E-state index in [4.69, 9.17) is 0 Å². The Hall–Kier alpha value is -1.38. The number of amides is 1. The molecule has 3 N–H and O–H groups in total. The van der Waals surface area contributed by atoms with Crippen LogP contribution in [0.25, 0.3) is 0 Å². The van der Waals surface area contributed by atoms with Gasteiger partial charge in [0.05, 0.1) is 12.7 Å². The molecule has 1 aromatic rings. The fourth-order valence-electron chi connectivity index (χ4n) is 3.11. The van der Waals surface area contributed by atoms with Crippen molar-refractivity contribution in [1.29, 1.82) is 0 Å². The predicted octanol–water partition coefficient (Wildman–Crippen LogP) is 1.76. The van der Waals surface area contributed by atoms with Crippen LogP contribution in [-0.2, 0) is 4.79 Å². The Labute approximate surface area is 151 Å². The van der Waals surface area contributed by atoms with Crippen LogP contribution in [0.2, 0.25) is 0 Å². The number of aromatic nitrogens is 2. The summed E-state index contributed by atoms with van der Waals surface area (Å²) in [6, 6.07) is 1.58. The van der Waals surface area contributed by atoms with E-state index in [0.29, 0.717) is 6.42 Å². The molecule has 140 valence electrons. The number of hydrogen-bond acceptors (Lipinski definition) is 6. The highest BCUT2D eigenvalue weighted by Crippen LogP contribution is 2.40. The number of carbonyl (C=O) groups is 1. The van der Waals surface area contributed by atoms with E-state index in [2.05, 4.69) is 10.3 Å². The Kier molecular flexibility index (Phi) is 7.46. The normalized spacial score (nSPS) is 23.2. The molecule has 25 heavy (non-hydrogen) atoms. The molecule has 1 fully saturated rings. The Morgan fingerprint density at radius 2 is 2.12 bits per heavy atom. The third kappa shape index (κ3) is 5.05. The maximum Gasteiger partial charge on any atom is 0.350 e. The Bertz CT molecular complexity index is 631. The van der Waals surface area contributed by atoms with Crippen molar-refractivity contribution in [1.82, 2.24) is 9.55 Å². The summed E-state index contributed by atoms with van der Waals surface area (Å²) in [4.78, 5) is 28.6. The van der Waals surface area contributed by atoms with E-state index in [1.165, 1.54) is 16.3 Å². The molecule has 2 rings (SSSR count). The van der Waals surface area contributed by atoms with Crippen molar-refractivity contribution in [2.24, 2.45) is 5.92 Å². The van der Waals surface area contributed by atoms with Gasteiger partial charge in [-0.3, -0.25) is 9.36 Å². The smallest absolute Gasteiger partial charge is 0.350 e. The fourth-order valence-corrected chi connectivity index (χ4v) is 4.48. The van der Waals surface area contributed by atoms with Crippen molar-refractivity contribution in [3.63, 3.8) is 0 Å². The van der Waals surface area contributed by atoms with Gasteiger partial charge in [0.25, 0.3) is 0 Å². The minimum Gasteiger partial charge on any atom is -0.395 e. The van der Waals surface area contributed by atoms with Crippen LogP contribution in [0.15, 0.2) is 17.1 Å². The van der Waals surface area contributed by atoms with Gasteiger partial charge >= 0.3 is 5.69 Å². The van der Waals surface area contributed by atoms with Crippen LogP contribution in [0.3, 0.4) is 0 Å². The quantitative estimate of drug-likeness (QED) is 0.645. The number of thioether (sulfide) groups is 1. The molecular weight excluding hydrogens is 342 g/mol. The van der Waals surface area contributed by atoms with Crippen molar-refractivity contribution in [3.8, 4) is 0 Å². The Balaban J connectivity index is 2.09. The highest BCUT2D eigenvalue weighted by Gasteiger charge is 2.35. The van der Waals surface area contributed by atoms with Crippen molar-refractivity contribution in [2.45, 2.75) is 62.7 Å². The molecule has 0 radical (unpaired) electrons. The minimum absolute atomic E-state index is 0.0369. The van der Waals surface area contributed by atoms with Crippen molar-refractivity contribution in [2.75, 3.05) is 11.9 Å². The van der Waals surface area contributed by atoms with Gasteiger partial charge in [0.15, 0.2) is 0 Å². The topological polar surface area (TPSA) is 104 Å². The molecular formula is C17H27N3O4S. The lowest BCUT2D eigenvalue weighted by molar-refractivity contribution is -0.120. The number of hydrogen-bond donors (Lipinski definition) is 3. The van der Waals surface area contributed by atoms with E-state index in [1.807, 2.05) is 13.8 Å². The largest absolute Gasteiger partial charge is 0.395 e. The van der Waals surface area contributed by atoms with E-state index in [9.17, 15) is 19.8 Å². The molecule has 8 heteroatoms. The van der Waals surface area contributed by atoms with E-state index < -0.39 is 17.2 Å². The standard InChI is InChI=1S/C17H27N3O4S/c1-3-5-11(6-4-2)15(23)18-14-7-8-20(17(24)19-14)16-13(22)9-12(10-21)25-16/h7-8,11-13,16,21-22H,3-6,9-10H2,1-2H3,(H,18,19,23,24)/t12-,13-,16+/m0/s1. The van der Waals surface area contributed by atoms with E-state index >= 15 is 0 Å². The zero-order chi connectivity index (χ0) is 18.4. The average molecular weight is 369 g/mol. The number of nitrogens with one attached hydrogen (secondary N) is 1. The number of nitrogens with zero attached hydrogens (tertiary/aromatic N) is 2. The summed E-state index contributed by atoms with van der Waals surface area (Å²) < 4.78 is 1.36. The highest BCUT2D eigenvalue weighted by molar-refractivity contribution is 8.00. The number of carbonyl (C=O) groups excluding carboxylic acids is 1. The molecule has 7 nitrogen and oxygen atoms in total. The van der Waals surface area contributed by atoms with Gasteiger partial charge in [0, 0.05) is 17.4 Å². The lowest BCUT2D eigenvalue weighted by Gasteiger charge is -2.18. The predicted molar refractivity (Wildman–Crippen MR) is 98.6 cm³/mol. The van der Waals surface area contributed by atoms with Gasteiger partial charge in [0.1, 0.15) is 11.2 Å². The van der Waals surface area contributed by atoms with Gasteiger partial charge in [-0.25, -0.2) is 4.79 Å². The second-order valence-corrected chi connectivity index (χ2v) is 7.82. The summed E-state index contributed by atoms with van der Waals surface area (Å²) in [6.45, 7) is 4.05. The fraction of sp³-hybridized carbons (Fsp3) is 0.706. The Morgan fingerprint density at radius 1 is 1.44 bits per heavy atom. The number of rotatable bonds is 8. The molecule has 0 aromatic carbocycles. The minimum atomic E-state index is -0.708. The molecule has 0 unspecified atom stereocenters. The van der Waals surface area contributed by atoms with Crippen LogP contribution in [0.1, 0.15) is 51.3 Å². The number of aliphatic hydroxyl groups excluding tert-OH is 2. The number of aliphatic hydroxyl groups is 2. The first-order valence-electron chi connectivity index (χ1n) is 8.84. The molecule has 0 bridgehead atoms. The highest BCUT2D eigenvalue weighted by atomic mass is 32.2. The molecule has 1 aliphatic rings. The first-order chi connectivity index (χ1) is 12.0. The summed E-state index contributed by atoms with van der Waals surface area (Å²) in [6.07, 6.45) is 4.74. The first-order valence-corrected chi connectivity index (χ1v) is 9.78. The number of anilines is 1. The van der Waals surface area contributed by atoms with Crippen LogP contribution in [0, 0.1) is 5.92 Å². The van der Waals surface area contributed by atoms with E-state index in [1.54, 1.807) is 12.3 Å². The summed E-state index contributed by atoms with van der Waals surface area (Å²) >= 11 is 1.36. The maximum absolute atomic E-state index is 12.3. The van der Waals surface area contributed by atoms with Crippen molar-refractivity contribution < 1.29 is 15.0 Å². The zero-order valence-electron chi connectivity index (χ0n) is 14.7. The van der Waals surface area contributed by atoms with Gasteiger partial charge in [-0.05, 0) is 25.3 Å². The van der Waals surface area contributed by atoms with Gasteiger partial charge in [-0.2, -0.15) is 4.98 Å². The zero-order valence-corrected chi connectivity index (χ0v) is 15.5. The molecule has 1 saturated heterocycles. The summed E-state index contributed by atoms with van der Waals surface area (Å²) in [5.41, 5.74) is -0.518. The Morgan fingerprint density at radius 3 is 2.64 bits per heavy atom. The van der Waals surface area contributed by atoms with E-state index in [-0.39, 0.29) is 29.5 Å². The summed E-state index contributed by atoms with van der Waals surface area (Å²) in [5.74, 6) is 0.0559. The lowest BCUT2D eigenvalue weighted by Crippen LogP contribution is -2.31. The van der Waals surface area contributed by atoms with Gasteiger partial charge < -0.3 is 15.5 Å². The molecule has 3 atom stereocenters. The van der Waals surface area contributed by atoms with E-state index in [0.717, 1.165) is 25.7 Å². The van der Waals surface area contributed by atoms with Crippen LogP contribution in [-0.4, -0.2) is 43.6 Å². The second-order valence-electron chi connectivity index (χ2n) is 6.40. The second kappa shape index (κ2) is 9.35. The summed E-state index contributed by atoms with van der Waals surface area (Å²) in [5, 5.41) is 21.5. The van der Waals surface area contributed by atoms with Crippen molar-refractivity contribution >= 4 is 23.5 Å². The lowest BCUT2D eigenvalue weighted by atomic mass is 9.97. The van der Waals surface area contributed by atoms with Crippen molar-refractivity contribution in [3.05, 3.63) is 22.7 Å². The molecule has 0 aliphatic carbocycles. The van der Waals surface area contributed by atoms with Gasteiger partial charge in [0.2, 0.25) is 5.91 Å². The molecule has 1 aliphatic heterocycles. The molecule has 1 amide bonds. The SMILES string of the molecule is CCCC(CCC)C(=O)Nc1ccn([C@@H]2S[C@H](CO)C[C@@H]2O)c(=O)n1. The molecule has 0 spiro atoms. The van der Waals surface area contributed by atoms with Crippen LogP contribution < -0.4 is 11.0 Å². The molecule has 1 aromatic heterocycles. The maximum atomic E-state index is 12.3. The average Bonchev–Trinajstić information content (AvgIpc) is 2.95. The van der Waals surface area contributed by atoms with Gasteiger partial charge in [-0.15, -0.1) is 11.8 Å².